The normalized spacial score (nSPS) is 19.3. The predicted octanol–water partition coefficient (Wildman–Crippen LogP) is 7.31. The highest BCUT2D eigenvalue weighted by atomic mass is 35.5. The van der Waals surface area contributed by atoms with Crippen LogP contribution in [0.25, 0.3) is 6.08 Å². The van der Waals surface area contributed by atoms with E-state index in [9.17, 15) is 4.79 Å². The van der Waals surface area contributed by atoms with Gasteiger partial charge in [-0.3, -0.25) is 9.69 Å². The van der Waals surface area contributed by atoms with Crippen LogP contribution >= 0.6 is 34.7 Å². The van der Waals surface area contributed by atoms with Crippen molar-refractivity contribution in [2.45, 2.75) is 44.8 Å². The number of hydrogen-bond acceptors (Lipinski definition) is 6. The van der Waals surface area contributed by atoms with E-state index in [1.807, 2.05) is 64.9 Å². The van der Waals surface area contributed by atoms with E-state index in [1.165, 1.54) is 29.5 Å². The Hall–Kier alpha value is -2.61. The summed E-state index contributed by atoms with van der Waals surface area (Å²) in [5, 5.41) is 3.99. The highest BCUT2D eigenvalue weighted by Crippen LogP contribution is 2.39. The number of thioether (sulfide) groups is 1. The fourth-order valence-electron chi connectivity index (χ4n) is 4.19. The SMILES string of the molecule is O=C1/C(=C/c2ccccc2OCc2ccc(Cl)cc2)S/C(=N/c2nccs2)N1C1CCCCC1. The number of halogens is 1. The zero-order valence-electron chi connectivity index (χ0n) is 18.5. The van der Waals surface area contributed by atoms with Gasteiger partial charge in [0.05, 0.1) is 4.91 Å². The third-order valence-corrected chi connectivity index (χ3v) is 7.80. The first-order valence-corrected chi connectivity index (χ1v) is 13.4. The third-order valence-electron chi connectivity index (χ3n) is 5.90. The maximum absolute atomic E-state index is 13.6. The molecule has 0 unspecified atom stereocenters. The molecule has 3 aromatic rings. The Morgan fingerprint density at radius 2 is 1.91 bits per heavy atom. The molecule has 174 valence electrons. The molecule has 1 amide bonds. The first kappa shape index (κ1) is 23.1. The van der Waals surface area contributed by atoms with Crippen molar-refractivity contribution in [2.24, 2.45) is 4.99 Å². The van der Waals surface area contributed by atoms with Gasteiger partial charge in [0.25, 0.3) is 5.91 Å². The molecule has 0 radical (unpaired) electrons. The summed E-state index contributed by atoms with van der Waals surface area (Å²) in [6.45, 7) is 0.420. The maximum Gasteiger partial charge on any atom is 0.267 e. The topological polar surface area (TPSA) is 54.8 Å². The number of amides is 1. The second kappa shape index (κ2) is 10.8. The van der Waals surface area contributed by atoms with Crippen LogP contribution in [0.5, 0.6) is 5.75 Å². The van der Waals surface area contributed by atoms with Crippen LogP contribution < -0.4 is 4.74 Å². The summed E-state index contributed by atoms with van der Waals surface area (Å²) in [5.41, 5.74) is 1.89. The number of carbonyl (C=O) groups excluding carboxylic acids is 1. The van der Waals surface area contributed by atoms with Crippen molar-refractivity contribution in [1.82, 2.24) is 9.88 Å². The molecule has 0 bridgehead atoms. The number of nitrogens with zero attached hydrogens (tertiary/aromatic N) is 3. The van der Waals surface area contributed by atoms with Gasteiger partial charge >= 0.3 is 0 Å². The maximum atomic E-state index is 13.6. The van der Waals surface area contributed by atoms with Crippen LogP contribution in [0.2, 0.25) is 5.02 Å². The van der Waals surface area contributed by atoms with Gasteiger partial charge in [0.2, 0.25) is 5.13 Å². The lowest BCUT2D eigenvalue weighted by atomic mass is 9.94. The Balaban J connectivity index is 1.41. The molecule has 5 rings (SSSR count). The van der Waals surface area contributed by atoms with E-state index in [1.54, 1.807) is 6.20 Å². The molecule has 0 atom stereocenters. The van der Waals surface area contributed by atoms with E-state index in [0.29, 0.717) is 21.7 Å². The Labute approximate surface area is 212 Å². The lowest BCUT2D eigenvalue weighted by Crippen LogP contribution is -2.40. The summed E-state index contributed by atoms with van der Waals surface area (Å²) in [6, 6.07) is 15.6. The highest BCUT2D eigenvalue weighted by molar-refractivity contribution is 8.18. The van der Waals surface area contributed by atoms with E-state index in [-0.39, 0.29) is 11.9 Å². The molecule has 1 saturated heterocycles. The van der Waals surface area contributed by atoms with Crippen molar-refractivity contribution in [1.29, 1.82) is 0 Å². The zero-order valence-corrected chi connectivity index (χ0v) is 20.9. The Morgan fingerprint density at radius 1 is 1.12 bits per heavy atom. The van der Waals surface area contributed by atoms with Crippen molar-refractivity contribution >= 4 is 57.0 Å². The average molecular weight is 510 g/mol. The van der Waals surface area contributed by atoms with E-state index in [4.69, 9.17) is 21.3 Å². The number of hydrogen-bond donors (Lipinski definition) is 0. The predicted molar refractivity (Wildman–Crippen MR) is 141 cm³/mol. The molecule has 5 nitrogen and oxygen atoms in total. The minimum absolute atomic E-state index is 0.0136. The lowest BCUT2D eigenvalue weighted by Gasteiger charge is -2.30. The number of aliphatic imine (C=N–C) groups is 1. The molecule has 34 heavy (non-hydrogen) atoms. The molecule has 1 aliphatic heterocycles. The number of benzene rings is 2. The van der Waals surface area contributed by atoms with Gasteiger partial charge in [0.1, 0.15) is 12.4 Å². The second-order valence-electron chi connectivity index (χ2n) is 8.24. The van der Waals surface area contributed by atoms with Gasteiger partial charge < -0.3 is 4.74 Å². The zero-order chi connectivity index (χ0) is 23.3. The Bertz CT molecular complexity index is 1200. The van der Waals surface area contributed by atoms with Crippen LogP contribution in [-0.4, -0.2) is 27.0 Å². The molecular formula is C26H24ClN3O2S2. The molecular weight excluding hydrogens is 486 g/mol. The van der Waals surface area contributed by atoms with Gasteiger partial charge in [0, 0.05) is 28.2 Å². The van der Waals surface area contributed by atoms with Crippen molar-refractivity contribution in [3.05, 3.63) is 81.2 Å². The summed E-state index contributed by atoms with van der Waals surface area (Å²) in [7, 11) is 0. The van der Waals surface area contributed by atoms with Gasteiger partial charge in [-0.25, -0.2) is 4.98 Å². The lowest BCUT2D eigenvalue weighted by molar-refractivity contribution is -0.124. The number of ether oxygens (including phenoxy) is 1. The fourth-order valence-corrected chi connectivity index (χ4v) is 5.91. The van der Waals surface area contributed by atoms with Gasteiger partial charge in [-0.15, -0.1) is 11.3 Å². The van der Waals surface area contributed by atoms with Crippen LogP contribution in [0.4, 0.5) is 5.13 Å². The second-order valence-corrected chi connectivity index (χ2v) is 10.6. The third kappa shape index (κ3) is 5.37. The van der Waals surface area contributed by atoms with Crippen LogP contribution in [0.1, 0.15) is 43.2 Å². The van der Waals surface area contributed by atoms with Crippen LogP contribution in [0.15, 0.2) is 70.0 Å². The van der Waals surface area contributed by atoms with Crippen molar-refractivity contribution in [3.8, 4) is 5.75 Å². The minimum Gasteiger partial charge on any atom is -0.488 e. The largest absolute Gasteiger partial charge is 0.488 e. The summed E-state index contributed by atoms with van der Waals surface area (Å²) in [5.74, 6) is 0.743. The molecule has 2 aromatic carbocycles. The monoisotopic (exact) mass is 509 g/mol. The summed E-state index contributed by atoms with van der Waals surface area (Å²) in [6.07, 6.45) is 9.19. The molecule has 2 heterocycles. The molecule has 2 aliphatic rings. The smallest absolute Gasteiger partial charge is 0.267 e. The first-order chi connectivity index (χ1) is 16.7. The van der Waals surface area contributed by atoms with E-state index in [2.05, 4.69) is 4.98 Å². The van der Waals surface area contributed by atoms with E-state index < -0.39 is 0 Å². The molecule has 0 spiro atoms. The number of thiazole rings is 1. The number of amidine groups is 1. The van der Waals surface area contributed by atoms with E-state index in [0.717, 1.165) is 47.7 Å². The van der Waals surface area contributed by atoms with Gasteiger partial charge in [-0.1, -0.05) is 61.2 Å². The Morgan fingerprint density at radius 3 is 2.68 bits per heavy atom. The summed E-state index contributed by atoms with van der Waals surface area (Å²) < 4.78 is 6.10. The van der Waals surface area contributed by atoms with Crippen molar-refractivity contribution < 1.29 is 9.53 Å². The summed E-state index contributed by atoms with van der Waals surface area (Å²) in [4.78, 5) is 25.1. The summed E-state index contributed by atoms with van der Waals surface area (Å²) >= 11 is 8.88. The molecule has 1 aromatic heterocycles. The van der Waals surface area contributed by atoms with E-state index >= 15 is 0 Å². The molecule has 2 fully saturated rings. The standard InChI is InChI=1S/C26H24ClN3O2S2/c27-20-12-10-18(11-13-20)17-32-22-9-5-4-6-19(22)16-23-24(31)30(21-7-2-1-3-8-21)26(34-23)29-25-28-14-15-33-25/h4-6,9-16,21H,1-3,7-8,17H2/b23-16-,29-26+. The molecule has 8 heteroatoms. The first-order valence-electron chi connectivity index (χ1n) is 11.3. The van der Waals surface area contributed by atoms with Crippen LogP contribution in [0, 0.1) is 0 Å². The average Bonchev–Trinajstić information content (AvgIpc) is 3.48. The van der Waals surface area contributed by atoms with Gasteiger partial charge in [-0.2, -0.15) is 4.99 Å². The number of rotatable bonds is 6. The van der Waals surface area contributed by atoms with Crippen LogP contribution in [0.3, 0.4) is 0 Å². The highest BCUT2D eigenvalue weighted by Gasteiger charge is 2.39. The number of aromatic nitrogens is 1. The van der Waals surface area contributed by atoms with Gasteiger partial charge in [-0.05, 0) is 54.4 Å². The van der Waals surface area contributed by atoms with Crippen molar-refractivity contribution in [2.75, 3.05) is 0 Å². The molecule has 1 saturated carbocycles. The van der Waals surface area contributed by atoms with Crippen molar-refractivity contribution in [3.63, 3.8) is 0 Å². The molecule has 0 N–H and O–H groups in total. The fraction of sp³-hybridized carbons (Fsp3) is 0.269. The minimum atomic E-state index is 0.0136. The quantitative estimate of drug-likeness (QED) is 0.327. The number of para-hydroxylation sites is 1. The Kier molecular flexibility index (Phi) is 7.33. The van der Waals surface area contributed by atoms with Crippen LogP contribution in [-0.2, 0) is 11.4 Å². The van der Waals surface area contributed by atoms with Gasteiger partial charge in [0.15, 0.2) is 5.17 Å². The molecule has 1 aliphatic carbocycles. The number of carbonyl (C=O) groups is 1.